The van der Waals surface area contributed by atoms with Crippen molar-refractivity contribution < 1.29 is 4.79 Å². The molecule has 5 nitrogen and oxygen atoms in total. The molecule has 2 aromatic carbocycles. The lowest BCUT2D eigenvalue weighted by molar-refractivity contribution is 0.0977. The van der Waals surface area contributed by atoms with Crippen LogP contribution in [0.15, 0.2) is 67.0 Å². The second kappa shape index (κ2) is 7.59. The first-order valence-corrected chi connectivity index (χ1v) is 9.25. The molecule has 0 radical (unpaired) electrons. The Morgan fingerprint density at radius 1 is 1.11 bits per heavy atom. The normalized spacial score (nSPS) is 10.7. The predicted molar refractivity (Wildman–Crippen MR) is 110 cm³/mol. The molecule has 0 saturated heterocycles. The van der Waals surface area contributed by atoms with Crippen LogP contribution in [0.1, 0.15) is 22.3 Å². The second-order valence-electron chi connectivity index (χ2n) is 6.32. The van der Waals surface area contributed by atoms with E-state index in [0.717, 1.165) is 11.3 Å². The van der Waals surface area contributed by atoms with Crippen LogP contribution in [0.3, 0.4) is 0 Å². The molecule has 6 heteroatoms. The van der Waals surface area contributed by atoms with Crippen molar-refractivity contribution in [2.45, 2.75) is 13.0 Å². The van der Waals surface area contributed by atoms with Crippen molar-refractivity contribution in [2.24, 2.45) is 0 Å². The van der Waals surface area contributed by atoms with Crippen LogP contribution in [-0.4, -0.2) is 20.3 Å². The summed E-state index contributed by atoms with van der Waals surface area (Å²) in [4.78, 5) is 19.9. The molecule has 0 unspecified atom stereocenters. The van der Waals surface area contributed by atoms with E-state index < -0.39 is 0 Å². The van der Waals surface area contributed by atoms with Crippen LogP contribution in [0.5, 0.6) is 0 Å². The highest BCUT2D eigenvalue weighted by molar-refractivity contribution is 7.71. The molecular formula is C22H16N4OS. The van der Waals surface area contributed by atoms with Gasteiger partial charge in [0.2, 0.25) is 0 Å². The number of hydrogen-bond acceptors (Lipinski definition) is 4. The summed E-state index contributed by atoms with van der Waals surface area (Å²) in [6.07, 6.45) is 1.79. The maximum atomic E-state index is 12.6. The second-order valence-corrected chi connectivity index (χ2v) is 6.73. The van der Waals surface area contributed by atoms with Gasteiger partial charge in [0.25, 0.3) is 0 Å². The molecule has 0 spiro atoms. The van der Waals surface area contributed by atoms with E-state index in [1.54, 1.807) is 0 Å². The standard InChI is InChI=1S/C22H16N4OS/c23-13-17-19-21(22(28)25-14-24-19)26(20(17)16-9-5-2-6-10-16)12-11-18(27)15-7-3-1-4-8-15/h1-10,14H,11-12H2,(H,24,25,28). The molecule has 0 aliphatic rings. The lowest BCUT2D eigenvalue weighted by Crippen LogP contribution is -2.08. The van der Waals surface area contributed by atoms with Crippen LogP contribution in [0.2, 0.25) is 0 Å². The van der Waals surface area contributed by atoms with Crippen LogP contribution in [0.4, 0.5) is 0 Å². The van der Waals surface area contributed by atoms with Gasteiger partial charge in [-0.3, -0.25) is 4.79 Å². The third-order valence-corrected chi connectivity index (χ3v) is 4.97. The number of hydrogen-bond donors (Lipinski definition) is 1. The molecule has 136 valence electrons. The first kappa shape index (κ1) is 17.8. The van der Waals surface area contributed by atoms with Gasteiger partial charge in [-0.2, -0.15) is 5.26 Å². The Labute approximate surface area is 166 Å². The van der Waals surface area contributed by atoms with Crippen molar-refractivity contribution in [3.8, 4) is 17.3 Å². The van der Waals surface area contributed by atoms with Gasteiger partial charge in [-0.15, -0.1) is 0 Å². The van der Waals surface area contributed by atoms with Gasteiger partial charge in [0.05, 0.1) is 12.0 Å². The minimum Gasteiger partial charge on any atom is -0.336 e. The van der Waals surface area contributed by atoms with Crippen molar-refractivity contribution in [3.05, 3.63) is 82.8 Å². The highest BCUT2D eigenvalue weighted by Crippen LogP contribution is 2.32. The Morgan fingerprint density at radius 2 is 1.79 bits per heavy atom. The summed E-state index contributed by atoms with van der Waals surface area (Å²) in [7, 11) is 0. The van der Waals surface area contributed by atoms with E-state index in [1.807, 2.05) is 65.2 Å². The number of nitriles is 1. The van der Waals surface area contributed by atoms with Crippen molar-refractivity contribution >= 4 is 29.0 Å². The zero-order valence-corrected chi connectivity index (χ0v) is 15.7. The van der Waals surface area contributed by atoms with Crippen molar-refractivity contribution in [1.29, 1.82) is 5.26 Å². The number of carbonyl (C=O) groups is 1. The largest absolute Gasteiger partial charge is 0.336 e. The zero-order valence-electron chi connectivity index (χ0n) is 14.9. The van der Waals surface area contributed by atoms with Crippen LogP contribution in [-0.2, 0) is 6.54 Å². The number of nitrogens with one attached hydrogen (secondary N) is 1. The fourth-order valence-electron chi connectivity index (χ4n) is 3.39. The average molecular weight is 384 g/mol. The number of aromatic amines is 1. The van der Waals surface area contributed by atoms with Crippen LogP contribution in [0.25, 0.3) is 22.3 Å². The van der Waals surface area contributed by atoms with Crippen LogP contribution in [0, 0.1) is 16.0 Å². The highest BCUT2D eigenvalue weighted by Gasteiger charge is 2.21. The Bertz CT molecular complexity index is 1250. The summed E-state index contributed by atoms with van der Waals surface area (Å²) < 4.78 is 2.44. The van der Waals surface area contributed by atoms with Gasteiger partial charge >= 0.3 is 0 Å². The number of aromatic nitrogens is 3. The lowest BCUT2D eigenvalue weighted by Gasteiger charge is -2.11. The molecule has 1 N–H and O–H groups in total. The molecule has 0 bridgehead atoms. The van der Waals surface area contributed by atoms with E-state index >= 15 is 0 Å². The molecular weight excluding hydrogens is 368 g/mol. The van der Waals surface area contributed by atoms with Crippen molar-refractivity contribution in [1.82, 2.24) is 14.5 Å². The predicted octanol–water partition coefficient (Wildman–Crippen LogP) is 4.91. The molecule has 0 fully saturated rings. The van der Waals surface area contributed by atoms with Crippen LogP contribution < -0.4 is 0 Å². The number of aryl methyl sites for hydroxylation is 1. The third kappa shape index (κ3) is 3.13. The number of Topliss-reactive ketones (excluding diaryl/α,β-unsaturated/α-hetero) is 1. The average Bonchev–Trinajstić information content (AvgIpc) is 3.08. The van der Waals surface area contributed by atoms with Crippen molar-refractivity contribution in [2.75, 3.05) is 0 Å². The SMILES string of the molecule is N#Cc1c(-c2ccccc2)n(CCC(=O)c2ccccc2)c2c(=S)[nH]cnc12. The van der Waals surface area contributed by atoms with Crippen LogP contribution >= 0.6 is 12.2 Å². The van der Waals surface area contributed by atoms with E-state index in [1.165, 1.54) is 6.33 Å². The van der Waals surface area contributed by atoms with Crippen molar-refractivity contribution in [3.63, 3.8) is 0 Å². The number of benzene rings is 2. The summed E-state index contributed by atoms with van der Waals surface area (Å²) in [6.45, 7) is 0.402. The topological polar surface area (TPSA) is 74.5 Å². The number of carbonyl (C=O) groups excluding carboxylic acids is 1. The summed E-state index contributed by atoms with van der Waals surface area (Å²) in [6, 6.07) is 21.1. The molecule has 0 atom stereocenters. The summed E-state index contributed by atoms with van der Waals surface area (Å²) in [5.41, 5.74) is 3.99. The monoisotopic (exact) mass is 384 g/mol. The van der Waals surface area contributed by atoms with Gasteiger partial charge in [-0.1, -0.05) is 72.9 Å². The van der Waals surface area contributed by atoms with E-state index in [4.69, 9.17) is 12.2 Å². The molecule has 2 aromatic heterocycles. The van der Waals surface area contributed by atoms with E-state index in [0.29, 0.717) is 39.8 Å². The summed E-state index contributed by atoms with van der Waals surface area (Å²) in [5, 5.41) is 9.82. The number of rotatable bonds is 5. The zero-order chi connectivity index (χ0) is 19.5. The molecule has 4 rings (SSSR count). The quantitative estimate of drug-likeness (QED) is 0.392. The van der Waals surface area contributed by atoms with E-state index in [2.05, 4.69) is 16.0 Å². The third-order valence-electron chi connectivity index (χ3n) is 4.66. The number of fused-ring (bicyclic) bond motifs is 1. The molecule has 4 aromatic rings. The molecule has 0 aliphatic carbocycles. The summed E-state index contributed by atoms with van der Waals surface area (Å²) in [5.74, 6) is 0.0405. The van der Waals surface area contributed by atoms with Gasteiger partial charge in [0.15, 0.2) is 5.78 Å². The van der Waals surface area contributed by atoms with Gasteiger partial charge in [-0.05, 0) is 5.56 Å². The number of ketones is 1. The Balaban J connectivity index is 1.86. The first-order chi connectivity index (χ1) is 13.7. The van der Waals surface area contributed by atoms with E-state index in [-0.39, 0.29) is 5.78 Å². The number of H-pyrrole nitrogens is 1. The molecule has 2 heterocycles. The fraction of sp³-hybridized carbons (Fsp3) is 0.0909. The Hall–Kier alpha value is -3.56. The van der Waals surface area contributed by atoms with Gasteiger partial charge in [0, 0.05) is 18.5 Å². The maximum Gasteiger partial charge on any atom is 0.164 e. The summed E-state index contributed by atoms with van der Waals surface area (Å²) >= 11 is 5.47. The minimum atomic E-state index is 0.0405. The molecule has 0 saturated carbocycles. The molecule has 0 amide bonds. The first-order valence-electron chi connectivity index (χ1n) is 8.84. The van der Waals surface area contributed by atoms with Gasteiger partial charge in [0.1, 0.15) is 27.3 Å². The smallest absolute Gasteiger partial charge is 0.164 e. The van der Waals surface area contributed by atoms with E-state index in [9.17, 15) is 10.1 Å². The molecule has 28 heavy (non-hydrogen) atoms. The highest BCUT2D eigenvalue weighted by atomic mass is 32.1. The lowest BCUT2D eigenvalue weighted by atomic mass is 10.1. The maximum absolute atomic E-state index is 12.6. The fourth-order valence-corrected chi connectivity index (χ4v) is 3.65. The minimum absolute atomic E-state index is 0.0405. The number of nitrogens with zero attached hydrogens (tertiary/aromatic N) is 3. The molecule has 0 aliphatic heterocycles. The Kier molecular flexibility index (Phi) is 4.83. The van der Waals surface area contributed by atoms with Gasteiger partial charge < -0.3 is 9.55 Å². The van der Waals surface area contributed by atoms with Gasteiger partial charge in [-0.25, -0.2) is 4.98 Å². The Morgan fingerprint density at radius 3 is 2.46 bits per heavy atom.